The van der Waals surface area contributed by atoms with Gasteiger partial charge < -0.3 is 15.5 Å². The third kappa shape index (κ3) is 3.80. The molecule has 0 spiro atoms. The predicted molar refractivity (Wildman–Crippen MR) is 76.2 cm³/mol. The van der Waals surface area contributed by atoms with Crippen LogP contribution in [0.4, 0.5) is 11.8 Å². The van der Waals surface area contributed by atoms with Crippen LogP contribution in [0, 0.1) is 0 Å². The number of hydrogen-bond acceptors (Lipinski definition) is 6. The number of aromatic nitrogens is 2. The van der Waals surface area contributed by atoms with Crippen LogP contribution < -0.4 is 21.0 Å². The first-order chi connectivity index (χ1) is 9.97. The number of nitrogen functional groups attached to an aromatic ring is 1. The van der Waals surface area contributed by atoms with Gasteiger partial charge in [-0.2, -0.15) is 9.98 Å². The van der Waals surface area contributed by atoms with Gasteiger partial charge in [-0.3, -0.25) is 4.79 Å². The summed E-state index contributed by atoms with van der Waals surface area (Å²) in [5.41, 5.74) is 5.99. The minimum atomic E-state index is -0.570. The Morgan fingerprint density at radius 1 is 1.29 bits per heavy atom. The summed E-state index contributed by atoms with van der Waals surface area (Å²) >= 11 is 0. The van der Waals surface area contributed by atoms with Gasteiger partial charge in [-0.25, -0.2) is 4.79 Å². The summed E-state index contributed by atoms with van der Waals surface area (Å²) in [5, 5.41) is 0. The molecule has 1 aliphatic rings. The standard InChI is InChI=1S/C13H19N5O3/c1-9(19)15-12-8-11(17-6-4-3-5-7-17)16-13(14)18(12)21-10(2)20/h8H,3-7H2,1-2H3,(H2,14,16). The number of carbonyl (C=O) groups is 2. The zero-order valence-corrected chi connectivity index (χ0v) is 12.2. The molecular formula is C13H19N5O3. The highest BCUT2D eigenvalue weighted by Gasteiger charge is 2.15. The number of piperidine rings is 1. The summed E-state index contributed by atoms with van der Waals surface area (Å²) in [4.78, 5) is 37.5. The van der Waals surface area contributed by atoms with Gasteiger partial charge in [0.2, 0.25) is 11.9 Å². The Morgan fingerprint density at radius 2 is 1.95 bits per heavy atom. The smallest absolute Gasteiger partial charge is 0.330 e. The van der Waals surface area contributed by atoms with Gasteiger partial charge >= 0.3 is 5.97 Å². The van der Waals surface area contributed by atoms with Gasteiger partial charge in [0.25, 0.3) is 0 Å². The fourth-order valence-electron chi connectivity index (χ4n) is 2.23. The van der Waals surface area contributed by atoms with Crippen LogP contribution in [0.25, 0.3) is 0 Å². The largest absolute Gasteiger partial charge is 0.367 e. The molecule has 2 heterocycles. The Balaban J connectivity index is 2.48. The van der Waals surface area contributed by atoms with E-state index in [9.17, 15) is 9.59 Å². The van der Waals surface area contributed by atoms with E-state index in [1.54, 1.807) is 6.07 Å². The predicted octanol–water partition coefficient (Wildman–Crippen LogP) is -0.122. The average Bonchev–Trinajstić information content (AvgIpc) is 2.42. The Labute approximate surface area is 122 Å². The molecule has 1 fully saturated rings. The lowest BCUT2D eigenvalue weighted by Crippen LogP contribution is -2.37. The first kappa shape index (κ1) is 15.0. The van der Waals surface area contributed by atoms with E-state index in [1.165, 1.54) is 20.3 Å². The minimum absolute atomic E-state index is 0.0201. The monoisotopic (exact) mass is 293 g/mol. The van der Waals surface area contributed by atoms with Crippen molar-refractivity contribution in [1.29, 1.82) is 0 Å². The van der Waals surface area contributed by atoms with Crippen molar-refractivity contribution in [1.82, 2.24) is 9.71 Å². The first-order valence-corrected chi connectivity index (χ1v) is 6.86. The summed E-state index contributed by atoms with van der Waals surface area (Å²) in [6.45, 7) is 4.31. The summed E-state index contributed by atoms with van der Waals surface area (Å²) in [6, 6.07) is 1.60. The van der Waals surface area contributed by atoms with E-state index >= 15 is 0 Å². The van der Waals surface area contributed by atoms with Gasteiger partial charge in [-0.05, 0) is 19.3 Å². The topological polar surface area (TPSA) is 103 Å². The molecule has 2 N–H and O–H groups in total. The van der Waals surface area contributed by atoms with E-state index in [1.807, 2.05) is 0 Å². The summed E-state index contributed by atoms with van der Waals surface area (Å²) in [6.07, 6.45) is 3.36. The molecule has 1 saturated heterocycles. The van der Waals surface area contributed by atoms with Gasteiger partial charge in [0.05, 0.1) is 0 Å². The molecule has 0 aliphatic carbocycles. The maximum atomic E-state index is 11.3. The van der Waals surface area contributed by atoms with E-state index in [0.717, 1.165) is 30.7 Å². The highest BCUT2D eigenvalue weighted by Crippen LogP contribution is 2.16. The molecule has 0 aromatic carbocycles. The molecule has 0 saturated carbocycles. The van der Waals surface area contributed by atoms with Crippen molar-refractivity contribution < 1.29 is 14.4 Å². The van der Waals surface area contributed by atoms with Crippen LogP contribution in [0.3, 0.4) is 0 Å². The van der Waals surface area contributed by atoms with E-state index in [2.05, 4.69) is 14.9 Å². The molecule has 1 amide bonds. The summed E-state index contributed by atoms with van der Waals surface area (Å²) in [5.74, 6) is -0.366. The van der Waals surface area contributed by atoms with Crippen LogP contribution in [-0.2, 0) is 9.59 Å². The maximum Gasteiger partial charge on any atom is 0.330 e. The van der Waals surface area contributed by atoms with Crippen LogP contribution in [0.1, 0.15) is 33.1 Å². The molecule has 1 aliphatic heterocycles. The minimum Gasteiger partial charge on any atom is -0.367 e. The van der Waals surface area contributed by atoms with Crippen LogP contribution in [0.2, 0.25) is 0 Å². The number of anilines is 2. The second-order valence-corrected chi connectivity index (χ2v) is 4.89. The van der Waals surface area contributed by atoms with Crippen molar-refractivity contribution in [2.75, 3.05) is 23.7 Å². The normalized spacial score (nSPS) is 15.9. The molecular weight excluding hydrogens is 274 g/mol. The van der Waals surface area contributed by atoms with Crippen LogP contribution >= 0.6 is 0 Å². The van der Waals surface area contributed by atoms with Gasteiger partial charge in [0.1, 0.15) is 5.82 Å². The third-order valence-electron chi connectivity index (χ3n) is 3.08. The molecule has 0 bridgehead atoms. The zero-order valence-electron chi connectivity index (χ0n) is 12.2. The highest BCUT2D eigenvalue weighted by atomic mass is 16.7. The zero-order chi connectivity index (χ0) is 15.4. The van der Waals surface area contributed by atoms with Crippen molar-refractivity contribution in [3.63, 3.8) is 0 Å². The Morgan fingerprint density at radius 3 is 2.52 bits per heavy atom. The van der Waals surface area contributed by atoms with Gasteiger partial charge in [-0.1, -0.05) is 0 Å². The number of amides is 1. The van der Waals surface area contributed by atoms with Gasteiger partial charge in [-0.15, -0.1) is 4.73 Å². The summed E-state index contributed by atoms with van der Waals surface area (Å²) < 4.78 is 0.969. The molecule has 8 heteroatoms. The van der Waals surface area contributed by atoms with Crippen LogP contribution in [0.5, 0.6) is 0 Å². The molecule has 0 atom stereocenters. The van der Waals surface area contributed by atoms with E-state index < -0.39 is 11.9 Å². The fourth-order valence-corrected chi connectivity index (χ4v) is 2.23. The summed E-state index contributed by atoms with van der Waals surface area (Å²) in [7, 11) is 0. The number of nitrogens with two attached hydrogens (primary N) is 1. The molecule has 21 heavy (non-hydrogen) atoms. The molecule has 1 aromatic heterocycles. The third-order valence-corrected chi connectivity index (χ3v) is 3.08. The SMILES string of the molecule is CC(=O)N=c1cc(N2CCCCC2)nc(N)n1OC(C)=O. The Kier molecular flexibility index (Phi) is 4.56. The second-order valence-electron chi connectivity index (χ2n) is 4.89. The Bertz CT molecular complexity index is 617. The van der Waals surface area contributed by atoms with E-state index in [-0.39, 0.29) is 11.4 Å². The average molecular weight is 293 g/mol. The maximum absolute atomic E-state index is 11.3. The second kappa shape index (κ2) is 6.38. The lowest BCUT2D eigenvalue weighted by molar-refractivity contribution is -0.142. The molecule has 8 nitrogen and oxygen atoms in total. The highest BCUT2D eigenvalue weighted by molar-refractivity contribution is 5.74. The Hall–Kier alpha value is -2.38. The first-order valence-electron chi connectivity index (χ1n) is 6.86. The van der Waals surface area contributed by atoms with E-state index in [4.69, 9.17) is 10.6 Å². The van der Waals surface area contributed by atoms with Crippen LogP contribution in [0.15, 0.2) is 11.1 Å². The quantitative estimate of drug-likeness (QED) is 0.815. The number of rotatable bonds is 2. The molecule has 1 aromatic rings. The lowest BCUT2D eigenvalue weighted by atomic mass is 10.1. The van der Waals surface area contributed by atoms with Gasteiger partial charge in [0, 0.05) is 33.0 Å². The lowest BCUT2D eigenvalue weighted by Gasteiger charge is -2.28. The van der Waals surface area contributed by atoms with Gasteiger partial charge in [0.15, 0.2) is 5.49 Å². The number of nitrogens with zero attached hydrogens (tertiary/aromatic N) is 4. The fraction of sp³-hybridized carbons (Fsp3) is 0.538. The van der Waals surface area contributed by atoms with Crippen molar-refractivity contribution in [2.24, 2.45) is 4.99 Å². The van der Waals surface area contributed by atoms with Crippen molar-refractivity contribution in [3.8, 4) is 0 Å². The number of carbonyl (C=O) groups excluding carboxylic acids is 2. The van der Waals surface area contributed by atoms with E-state index in [0.29, 0.717) is 5.82 Å². The molecule has 0 unspecified atom stereocenters. The van der Waals surface area contributed by atoms with Crippen molar-refractivity contribution in [3.05, 3.63) is 11.6 Å². The number of hydrogen-bond donors (Lipinski definition) is 1. The van der Waals surface area contributed by atoms with Crippen molar-refractivity contribution >= 4 is 23.6 Å². The molecule has 2 rings (SSSR count). The van der Waals surface area contributed by atoms with Crippen molar-refractivity contribution in [2.45, 2.75) is 33.1 Å². The molecule has 114 valence electrons. The molecule has 0 radical (unpaired) electrons. The van der Waals surface area contributed by atoms with Crippen LogP contribution in [-0.4, -0.2) is 34.7 Å².